The summed E-state index contributed by atoms with van der Waals surface area (Å²) in [7, 11) is 0.421. The highest BCUT2D eigenvalue weighted by atomic mass is 28.3. The Hall–Kier alpha value is -1.41. The second-order valence-electron chi connectivity index (χ2n) is 7.10. The van der Waals surface area contributed by atoms with E-state index in [1.54, 1.807) is 0 Å². The largest absolute Gasteiger partial charge is 0.496 e. The Kier molecular flexibility index (Phi) is 4.84. The topological polar surface area (TPSA) is 43.2 Å². The number of halogens is 3. The highest BCUT2D eigenvalue weighted by Crippen LogP contribution is 2.53. The number of nitrogens with zero attached hydrogens (tertiary/aromatic N) is 2. The van der Waals surface area contributed by atoms with Gasteiger partial charge in [-0.05, 0) is 30.6 Å². The van der Waals surface area contributed by atoms with Crippen molar-refractivity contribution < 1.29 is 22.3 Å². The molecule has 1 aromatic rings. The van der Waals surface area contributed by atoms with Gasteiger partial charge in [0, 0.05) is 11.1 Å². The van der Waals surface area contributed by atoms with Gasteiger partial charge in [-0.25, -0.2) is 0 Å². The lowest BCUT2D eigenvalue weighted by molar-refractivity contribution is -0.166. The van der Waals surface area contributed by atoms with E-state index in [-0.39, 0.29) is 17.1 Å². The van der Waals surface area contributed by atoms with E-state index in [0.29, 0.717) is 11.3 Å². The van der Waals surface area contributed by atoms with Gasteiger partial charge < -0.3 is 9.16 Å². The summed E-state index contributed by atoms with van der Waals surface area (Å²) >= 11 is 0. The van der Waals surface area contributed by atoms with Crippen LogP contribution in [0.15, 0.2) is 28.4 Å². The van der Waals surface area contributed by atoms with E-state index in [2.05, 4.69) is 10.2 Å². The fourth-order valence-corrected chi connectivity index (χ4v) is 3.49. The highest BCUT2D eigenvalue weighted by Gasteiger charge is 2.65. The highest BCUT2D eigenvalue weighted by molar-refractivity contribution is 6.48. The van der Waals surface area contributed by atoms with Gasteiger partial charge in [0.15, 0.2) is 0 Å². The summed E-state index contributed by atoms with van der Waals surface area (Å²) in [6, 6.07) is 4.35. The van der Waals surface area contributed by atoms with Crippen molar-refractivity contribution in [3.05, 3.63) is 29.3 Å². The second-order valence-corrected chi connectivity index (χ2v) is 9.15. The Balaban J connectivity index is 2.53. The maximum absolute atomic E-state index is 13.3. The lowest BCUT2D eigenvalue weighted by Crippen LogP contribution is -2.31. The molecule has 8 heteroatoms. The van der Waals surface area contributed by atoms with Crippen LogP contribution in [0.2, 0.25) is 13.1 Å². The summed E-state index contributed by atoms with van der Waals surface area (Å²) in [6.07, 6.45) is -4.94. The lowest BCUT2D eigenvalue weighted by Gasteiger charge is -2.34. The molecule has 0 aliphatic carbocycles. The van der Waals surface area contributed by atoms with Crippen molar-refractivity contribution in [1.29, 1.82) is 0 Å². The molecular formula is C16H22F3N2O2Si. The quantitative estimate of drug-likeness (QED) is 0.676. The monoisotopic (exact) mass is 359 g/mol. The number of hydrogen-bond donors (Lipinski definition) is 0. The molecule has 133 valence electrons. The van der Waals surface area contributed by atoms with Gasteiger partial charge in [0.2, 0.25) is 9.04 Å². The summed E-state index contributed by atoms with van der Waals surface area (Å²) in [5, 5.41) is 6.56. The number of ether oxygens (including phenoxy) is 1. The van der Waals surface area contributed by atoms with Gasteiger partial charge in [-0.1, -0.05) is 26.8 Å². The maximum atomic E-state index is 13.3. The van der Waals surface area contributed by atoms with Gasteiger partial charge in [-0.15, -0.1) is 10.2 Å². The van der Waals surface area contributed by atoms with Crippen molar-refractivity contribution in [2.75, 3.05) is 7.11 Å². The molecule has 1 aliphatic heterocycles. The SMILES string of the molecule is COc1ccc(C2(C(F)(F)F)N=N2)cc1C(O[Si](C)C)C(C)(C)C. The van der Waals surface area contributed by atoms with Crippen molar-refractivity contribution in [3.8, 4) is 5.75 Å². The zero-order valence-electron chi connectivity index (χ0n) is 14.7. The molecule has 1 atom stereocenters. The predicted octanol–water partition coefficient (Wildman–Crippen LogP) is 5.23. The van der Waals surface area contributed by atoms with E-state index in [4.69, 9.17) is 9.16 Å². The third-order valence-electron chi connectivity index (χ3n) is 3.75. The molecule has 0 aromatic heterocycles. The van der Waals surface area contributed by atoms with E-state index < -0.39 is 20.9 Å². The predicted molar refractivity (Wildman–Crippen MR) is 86.3 cm³/mol. The van der Waals surface area contributed by atoms with Crippen molar-refractivity contribution in [3.63, 3.8) is 0 Å². The van der Waals surface area contributed by atoms with Crippen molar-refractivity contribution in [1.82, 2.24) is 0 Å². The Morgan fingerprint density at radius 1 is 1.12 bits per heavy atom. The van der Waals surface area contributed by atoms with Crippen LogP contribution in [0, 0.1) is 5.41 Å². The maximum Gasteiger partial charge on any atom is 0.442 e. The van der Waals surface area contributed by atoms with Crippen molar-refractivity contribution in [2.45, 2.75) is 51.8 Å². The zero-order chi connectivity index (χ0) is 18.3. The fourth-order valence-electron chi connectivity index (χ4n) is 2.54. The molecule has 0 saturated carbocycles. The Labute approximate surface area is 141 Å². The second kappa shape index (κ2) is 6.14. The van der Waals surface area contributed by atoms with Crippen LogP contribution in [0.4, 0.5) is 13.2 Å². The van der Waals surface area contributed by atoms with Gasteiger partial charge >= 0.3 is 11.8 Å². The van der Waals surface area contributed by atoms with Gasteiger partial charge in [0.1, 0.15) is 5.75 Å². The first kappa shape index (κ1) is 18.9. The van der Waals surface area contributed by atoms with E-state index in [9.17, 15) is 13.2 Å². The molecule has 1 unspecified atom stereocenters. The Bertz CT molecular complexity index is 633. The molecule has 1 aliphatic rings. The fraction of sp³-hybridized carbons (Fsp3) is 0.625. The van der Waals surface area contributed by atoms with Gasteiger partial charge in [0.25, 0.3) is 0 Å². The number of hydrogen-bond acceptors (Lipinski definition) is 4. The summed E-state index contributed by atoms with van der Waals surface area (Å²) in [5.74, 6) is 0.500. The van der Waals surface area contributed by atoms with Crippen LogP contribution < -0.4 is 4.74 Å². The Morgan fingerprint density at radius 3 is 2.08 bits per heavy atom. The molecule has 0 spiro atoms. The molecule has 1 radical (unpaired) electrons. The van der Waals surface area contributed by atoms with Gasteiger partial charge in [-0.3, -0.25) is 0 Å². The first-order valence-corrected chi connectivity index (χ1v) is 9.99. The van der Waals surface area contributed by atoms with Crippen molar-refractivity contribution in [2.24, 2.45) is 15.6 Å². The third-order valence-corrected chi connectivity index (χ3v) is 4.46. The molecule has 0 saturated heterocycles. The summed E-state index contributed by atoms with van der Waals surface area (Å²) in [4.78, 5) is 0. The molecule has 4 nitrogen and oxygen atoms in total. The number of methoxy groups -OCH3 is 1. The normalized spacial score (nSPS) is 17.9. The minimum absolute atomic E-state index is 0.00960. The number of rotatable bonds is 5. The minimum atomic E-state index is -4.55. The average molecular weight is 359 g/mol. The summed E-state index contributed by atoms with van der Waals surface area (Å²) in [6.45, 7) is 9.94. The molecule has 1 aromatic carbocycles. The van der Waals surface area contributed by atoms with E-state index in [1.165, 1.54) is 25.3 Å². The molecule has 2 rings (SSSR count). The smallest absolute Gasteiger partial charge is 0.442 e. The molecule has 1 heterocycles. The van der Waals surface area contributed by atoms with Crippen LogP contribution in [-0.2, 0) is 10.1 Å². The van der Waals surface area contributed by atoms with E-state index >= 15 is 0 Å². The van der Waals surface area contributed by atoms with Crippen LogP contribution in [0.3, 0.4) is 0 Å². The zero-order valence-corrected chi connectivity index (χ0v) is 15.7. The average Bonchev–Trinajstić information content (AvgIpc) is 3.24. The number of alkyl halides is 3. The minimum Gasteiger partial charge on any atom is -0.496 e. The first-order valence-electron chi connectivity index (χ1n) is 7.58. The third kappa shape index (κ3) is 3.49. The van der Waals surface area contributed by atoms with Crippen LogP contribution >= 0.6 is 0 Å². The molecule has 0 bridgehead atoms. The molecule has 0 amide bonds. The first-order chi connectivity index (χ1) is 10.9. The molecule has 24 heavy (non-hydrogen) atoms. The lowest BCUT2D eigenvalue weighted by atomic mass is 9.83. The van der Waals surface area contributed by atoms with Crippen LogP contribution in [0.1, 0.15) is 38.0 Å². The van der Waals surface area contributed by atoms with Crippen LogP contribution in [0.5, 0.6) is 5.75 Å². The van der Waals surface area contributed by atoms with Gasteiger partial charge in [0.05, 0.1) is 13.2 Å². The summed E-state index contributed by atoms with van der Waals surface area (Å²) < 4.78 is 51.3. The standard InChI is InChI=1S/C16H22F3N2O2Si/c1-14(2,3)13(23-24(5)6)11-9-10(7-8-12(11)22-4)15(20-21-15)16(17,18)19/h7-9,13H,1-6H3. The molecule has 0 fully saturated rings. The van der Waals surface area contributed by atoms with E-state index in [1.807, 2.05) is 33.9 Å². The number of benzene rings is 1. The van der Waals surface area contributed by atoms with Crippen LogP contribution in [-0.4, -0.2) is 22.3 Å². The van der Waals surface area contributed by atoms with E-state index in [0.717, 1.165) is 0 Å². The Morgan fingerprint density at radius 2 is 1.71 bits per heavy atom. The molecule has 0 N–H and O–H groups in total. The summed E-state index contributed by atoms with van der Waals surface area (Å²) in [5.41, 5.74) is -2.17. The molecular weight excluding hydrogens is 337 g/mol. The van der Waals surface area contributed by atoms with Crippen LogP contribution in [0.25, 0.3) is 0 Å². The van der Waals surface area contributed by atoms with Gasteiger partial charge in [-0.2, -0.15) is 13.2 Å². The van der Waals surface area contributed by atoms with Crippen molar-refractivity contribution >= 4 is 9.04 Å².